The SMILES string of the molecule is COCc1cc(C)n(CC(=O)Nc2sc3c(c2C#N)CC[C@@H](C(C)(C)C)C3)c(=O)c1C#N. The average molecular weight is 453 g/mol. The van der Waals surface area contributed by atoms with Gasteiger partial charge in [0.05, 0.1) is 12.2 Å². The number of amides is 1. The van der Waals surface area contributed by atoms with Crippen LogP contribution in [0.25, 0.3) is 0 Å². The quantitative estimate of drug-likeness (QED) is 0.740. The van der Waals surface area contributed by atoms with Crippen molar-refractivity contribution < 1.29 is 9.53 Å². The maximum atomic E-state index is 12.8. The molecule has 2 heterocycles. The van der Waals surface area contributed by atoms with Gasteiger partial charge in [-0.3, -0.25) is 9.59 Å². The van der Waals surface area contributed by atoms with E-state index in [1.807, 2.05) is 6.07 Å². The predicted molar refractivity (Wildman–Crippen MR) is 124 cm³/mol. The van der Waals surface area contributed by atoms with Gasteiger partial charge in [0.25, 0.3) is 5.56 Å². The average Bonchev–Trinajstić information content (AvgIpc) is 3.06. The summed E-state index contributed by atoms with van der Waals surface area (Å²) in [6.45, 7) is 8.33. The molecule has 0 unspecified atom stereocenters. The van der Waals surface area contributed by atoms with E-state index in [0.29, 0.717) is 27.7 Å². The highest BCUT2D eigenvalue weighted by molar-refractivity contribution is 7.16. The zero-order valence-electron chi connectivity index (χ0n) is 19.2. The second-order valence-electron chi connectivity index (χ2n) is 9.30. The van der Waals surface area contributed by atoms with Gasteiger partial charge >= 0.3 is 0 Å². The summed E-state index contributed by atoms with van der Waals surface area (Å²) in [6, 6.07) is 5.87. The second-order valence-corrected chi connectivity index (χ2v) is 10.4. The molecule has 0 saturated heterocycles. The number of carbonyl (C=O) groups excluding carboxylic acids is 1. The fraction of sp³-hybridized carbons (Fsp3) is 0.500. The van der Waals surface area contributed by atoms with Crippen molar-refractivity contribution >= 4 is 22.2 Å². The van der Waals surface area contributed by atoms with E-state index in [4.69, 9.17) is 4.74 Å². The predicted octanol–water partition coefficient (Wildman–Crippen LogP) is 3.90. The third-order valence-electron chi connectivity index (χ3n) is 6.16. The fourth-order valence-electron chi connectivity index (χ4n) is 4.26. The van der Waals surface area contributed by atoms with Gasteiger partial charge in [-0.2, -0.15) is 10.5 Å². The fourth-order valence-corrected chi connectivity index (χ4v) is 5.56. The molecular formula is C24H28N4O3S. The van der Waals surface area contributed by atoms with Gasteiger partial charge in [-0.15, -0.1) is 11.3 Å². The number of nitrogens with one attached hydrogen (secondary N) is 1. The molecule has 7 nitrogen and oxygen atoms in total. The highest BCUT2D eigenvalue weighted by atomic mass is 32.1. The molecule has 0 bridgehead atoms. The molecule has 1 atom stereocenters. The van der Waals surface area contributed by atoms with Crippen molar-refractivity contribution in [3.8, 4) is 12.1 Å². The maximum Gasteiger partial charge on any atom is 0.269 e. The Labute approximate surface area is 192 Å². The Morgan fingerprint density at radius 3 is 2.59 bits per heavy atom. The first-order valence-electron chi connectivity index (χ1n) is 10.6. The van der Waals surface area contributed by atoms with Gasteiger partial charge in [0.1, 0.15) is 29.2 Å². The topological polar surface area (TPSA) is 108 Å². The summed E-state index contributed by atoms with van der Waals surface area (Å²) in [4.78, 5) is 26.8. The lowest BCUT2D eigenvalue weighted by molar-refractivity contribution is -0.116. The molecule has 3 rings (SSSR count). The summed E-state index contributed by atoms with van der Waals surface area (Å²) in [5, 5.41) is 22.5. The number of nitriles is 2. The summed E-state index contributed by atoms with van der Waals surface area (Å²) >= 11 is 1.46. The van der Waals surface area contributed by atoms with E-state index in [-0.39, 0.29) is 24.1 Å². The first-order chi connectivity index (χ1) is 15.1. The lowest BCUT2D eigenvalue weighted by atomic mass is 9.72. The molecule has 2 aromatic rings. The van der Waals surface area contributed by atoms with Crippen LogP contribution in [0.5, 0.6) is 0 Å². The first kappa shape index (κ1) is 23.7. The number of nitrogens with zero attached hydrogens (tertiary/aromatic N) is 3. The number of aromatic nitrogens is 1. The zero-order valence-corrected chi connectivity index (χ0v) is 20.0. The number of methoxy groups -OCH3 is 1. The number of fused-ring (bicyclic) bond motifs is 1. The van der Waals surface area contributed by atoms with Gasteiger partial charge < -0.3 is 14.6 Å². The van der Waals surface area contributed by atoms with Crippen molar-refractivity contribution in [1.29, 1.82) is 10.5 Å². The number of carbonyl (C=O) groups is 1. The Morgan fingerprint density at radius 1 is 1.31 bits per heavy atom. The molecule has 0 aliphatic heterocycles. The van der Waals surface area contributed by atoms with Crippen molar-refractivity contribution in [2.45, 2.75) is 60.1 Å². The largest absolute Gasteiger partial charge is 0.380 e. The summed E-state index contributed by atoms with van der Waals surface area (Å²) < 4.78 is 6.35. The molecule has 0 aromatic carbocycles. The lowest BCUT2D eigenvalue weighted by Crippen LogP contribution is -2.31. The Bertz CT molecular complexity index is 1190. The molecule has 0 fully saturated rings. The van der Waals surface area contributed by atoms with Crippen LogP contribution < -0.4 is 10.9 Å². The van der Waals surface area contributed by atoms with Gasteiger partial charge in [-0.05, 0) is 49.1 Å². The molecule has 32 heavy (non-hydrogen) atoms. The van der Waals surface area contributed by atoms with Crippen LogP contribution in [0.3, 0.4) is 0 Å². The third-order valence-corrected chi connectivity index (χ3v) is 7.33. The summed E-state index contributed by atoms with van der Waals surface area (Å²) in [6.07, 6.45) is 2.76. The van der Waals surface area contributed by atoms with Crippen LogP contribution in [0.15, 0.2) is 10.9 Å². The highest BCUT2D eigenvalue weighted by Crippen LogP contribution is 2.43. The molecule has 0 radical (unpaired) electrons. The van der Waals surface area contributed by atoms with Crippen LogP contribution in [-0.2, 0) is 35.5 Å². The van der Waals surface area contributed by atoms with Crippen LogP contribution in [0.1, 0.15) is 60.0 Å². The number of rotatable bonds is 5. The van der Waals surface area contributed by atoms with E-state index in [1.54, 1.807) is 13.0 Å². The molecule has 1 amide bonds. The van der Waals surface area contributed by atoms with Gasteiger partial charge in [-0.1, -0.05) is 20.8 Å². The number of hydrogen-bond donors (Lipinski definition) is 1. The normalized spacial score (nSPS) is 15.5. The Morgan fingerprint density at radius 2 is 2.00 bits per heavy atom. The summed E-state index contributed by atoms with van der Waals surface area (Å²) in [5.74, 6) is 0.126. The Kier molecular flexibility index (Phi) is 6.88. The molecule has 8 heteroatoms. The molecule has 1 aliphatic carbocycles. The standard InChI is InChI=1S/C24H28N4O3S/c1-14-8-15(13-31-5)18(10-25)23(30)28(14)12-21(29)27-22-19(11-26)17-7-6-16(24(2,3)4)9-20(17)32-22/h8,16H,6-7,9,12-13H2,1-5H3,(H,27,29)/t16-/m1/s1. The Balaban J connectivity index is 1.86. The minimum Gasteiger partial charge on any atom is -0.380 e. The number of aryl methyl sites for hydroxylation is 1. The van der Waals surface area contributed by atoms with Gasteiger partial charge in [0.15, 0.2) is 0 Å². The smallest absolute Gasteiger partial charge is 0.269 e. The van der Waals surface area contributed by atoms with Crippen molar-refractivity contribution in [2.75, 3.05) is 12.4 Å². The van der Waals surface area contributed by atoms with E-state index < -0.39 is 11.5 Å². The maximum absolute atomic E-state index is 12.8. The van der Waals surface area contributed by atoms with Crippen LogP contribution in [0.4, 0.5) is 5.00 Å². The van der Waals surface area contributed by atoms with Gasteiger partial charge in [-0.25, -0.2) is 0 Å². The molecule has 0 saturated carbocycles. The van der Waals surface area contributed by atoms with Gasteiger partial charge in [0, 0.05) is 23.2 Å². The van der Waals surface area contributed by atoms with Crippen molar-refractivity contribution in [3.63, 3.8) is 0 Å². The zero-order chi connectivity index (χ0) is 23.6. The lowest BCUT2D eigenvalue weighted by Gasteiger charge is -2.33. The molecule has 0 spiro atoms. The minimum absolute atomic E-state index is 0.0252. The van der Waals surface area contributed by atoms with E-state index in [9.17, 15) is 20.1 Å². The number of pyridine rings is 1. The van der Waals surface area contributed by atoms with Crippen molar-refractivity contribution in [2.24, 2.45) is 11.3 Å². The van der Waals surface area contributed by atoms with E-state index in [2.05, 4.69) is 32.2 Å². The Hall–Kier alpha value is -2.94. The first-order valence-corrected chi connectivity index (χ1v) is 11.4. The number of anilines is 1. The number of hydrogen-bond acceptors (Lipinski definition) is 6. The minimum atomic E-state index is -0.520. The number of ether oxygens (including phenoxy) is 1. The molecule has 1 aliphatic rings. The molecule has 1 N–H and O–H groups in total. The van der Waals surface area contributed by atoms with E-state index in [1.165, 1.54) is 23.0 Å². The second kappa shape index (κ2) is 9.28. The highest BCUT2D eigenvalue weighted by Gasteiger charge is 2.32. The molecule has 168 valence electrons. The van der Waals surface area contributed by atoms with E-state index >= 15 is 0 Å². The third kappa shape index (κ3) is 4.62. The molecule has 2 aromatic heterocycles. The monoisotopic (exact) mass is 452 g/mol. The van der Waals surface area contributed by atoms with E-state index in [0.717, 1.165) is 29.7 Å². The van der Waals surface area contributed by atoms with Crippen LogP contribution in [0.2, 0.25) is 0 Å². The van der Waals surface area contributed by atoms with Crippen LogP contribution >= 0.6 is 11.3 Å². The van der Waals surface area contributed by atoms with Crippen LogP contribution in [0, 0.1) is 40.9 Å². The van der Waals surface area contributed by atoms with Crippen molar-refractivity contribution in [3.05, 3.63) is 49.2 Å². The van der Waals surface area contributed by atoms with Crippen LogP contribution in [-0.4, -0.2) is 17.6 Å². The van der Waals surface area contributed by atoms with Crippen molar-refractivity contribution in [1.82, 2.24) is 4.57 Å². The number of thiophene rings is 1. The van der Waals surface area contributed by atoms with Gasteiger partial charge in [0.2, 0.25) is 5.91 Å². The molecular weight excluding hydrogens is 424 g/mol. The summed E-state index contributed by atoms with van der Waals surface area (Å²) in [7, 11) is 1.49. The summed E-state index contributed by atoms with van der Waals surface area (Å²) in [5.41, 5.74) is 2.27.